The SMILES string of the molecule is CCNC(=NCC(C)(C)c1cccc(F)c1)N1CCN(CC(=O)NC2CC2)CC1. The Hall–Kier alpha value is -2.15. The maximum absolute atomic E-state index is 13.6. The summed E-state index contributed by atoms with van der Waals surface area (Å²) in [6.45, 7) is 11.4. The molecule has 3 rings (SSSR count). The Morgan fingerprint density at radius 1 is 1.24 bits per heavy atom. The van der Waals surface area contributed by atoms with Crippen molar-refractivity contribution in [3.8, 4) is 0 Å². The van der Waals surface area contributed by atoms with E-state index in [1.165, 1.54) is 6.07 Å². The third-order valence-corrected chi connectivity index (χ3v) is 5.55. The third kappa shape index (κ3) is 6.42. The lowest BCUT2D eigenvalue weighted by atomic mass is 9.85. The maximum Gasteiger partial charge on any atom is 0.234 e. The molecule has 7 heteroatoms. The van der Waals surface area contributed by atoms with Gasteiger partial charge in [0.05, 0.1) is 13.1 Å². The molecule has 2 N–H and O–H groups in total. The minimum atomic E-state index is -0.258. The van der Waals surface area contributed by atoms with Crippen molar-refractivity contribution >= 4 is 11.9 Å². The Bertz CT molecular complexity index is 724. The van der Waals surface area contributed by atoms with Crippen molar-refractivity contribution < 1.29 is 9.18 Å². The van der Waals surface area contributed by atoms with E-state index in [0.29, 0.717) is 19.1 Å². The van der Waals surface area contributed by atoms with E-state index in [4.69, 9.17) is 4.99 Å². The summed E-state index contributed by atoms with van der Waals surface area (Å²) in [5.41, 5.74) is 0.689. The molecule has 0 radical (unpaired) electrons. The summed E-state index contributed by atoms with van der Waals surface area (Å²) in [5, 5.41) is 6.44. The average Bonchev–Trinajstić information content (AvgIpc) is 3.50. The quantitative estimate of drug-likeness (QED) is 0.540. The lowest BCUT2D eigenvalue weighted by Crippen LogP contribution is -2.54. The highest BCUT2D eigenvalue weighted by Crippen LogP contribution is 2.24. The molecule has 0 aromatic heterocycles. The second-order valence-electron chi connectivity index (χ2n) is 8.67. The number of hydrogen-bond donors (Lipinski definition) is 2. The summed E-state index contributed by atoms with van der Waals surface area (Å²) in [4.78, 5) is 21.3. The van der Waals surface area contributed by atoms with Crippen LogP contribution in [0.15, 0.2) is 29.3 Å². The van der Waals surface area contributed by atoms with Gasteiger partial charge in [-0.15, -0.1) is 0 Å². The smallest absolute Gasteiger partial charge is 0.234 e. The molecule has 29 heavy (non-hydrogen) atoms. The molecular formula is C22H34FN5O. The molecule has 0 spiro atoms. The Balaban J connectivity index is 1.55. The molecule has 0 bridgehead atoms. The molecule has 1 aliphatic carbocycles. The highest BCUT2D eigenvalue weighted by atomic mass is 19.1. The van der Waals surface area contributed by atoms with Gasteiger partial charge in [-0.25, -0.2) is 4.39 Å². The van der Waals surface area contributed by atoms with Gasteiger partial charge in [0.1, 0.15) is 5.82 Å². The van der Waals surface area contributed by atoms with E-state index in [1.807, 2.05) is 6.07 Å². The van der Waals surface area contributed by atoms with Gasteiger partial charge in [-0.2, -0.15) is 0 Å². The van der Waals surface area contributed by atoms with E-state index in [2.05, 4.69) is 41.2 Å². The van der Waals surface area contributed by atoms with Crippen LogP contribution in [0.5, 0.6) is 0 Å². The molecule has 1 aromatic carbocycles. The first-order chi connectivity index (χ1) is 13.9. The van der Waals surface area contributed by atoms with Gasteiger partial charge in [-0.3, -0.25) is 14.7 Å². The summed E-state index contributed by atoms with van der Waals surface area (Å²) < 4.78 is 13.6. The van der Waals surface area contributed by atoms with Crippen LogP contribution in [0, 0.1) is 5.82 Å². The monoisotopic (exact) mass is 403 g/mol. The Labute approximate surface area is 173 Å². The highest BCUT2D eigenvalue weighted by molar-refractivity contribution is 5.80. The van der Waals surface area contributed by atoms with Crippen LogP contribution in [-0.4, -0.2) is 73.5 Å². The van der Waals surface area contributed by atoms with E-state index in [-0.39, 0.29) is 17.1 Å². The zero-order valence-electron chi connectivity index (χ0n) is 17.9. The number of benzene rings is 1. The van der Waals surface area contributed by atoms with Crippen molar-refractivity contribution in [2.75, 3.05) is 45.8 Å². The summed E-state index contributed by atoms with van der Waals surface area (Å²) in [6, 6.07) is 7.18. The molecule has 1 saturated carbocycles. The molecule has 2 aliphatic rings. The van der Waals surface area contributed by atoms with E-state index >= 15 is 0 Å². The maximum atomic E-state index is 13.6. The number of halogens is 1. The number of carbonyl (C=O) groups excluding carboxylic acids is 1. The minimum Gasteiger partial charge on any atom is -0.357 e. The van der Waals surface area contributed by atoms with Gasteiger partial charge in [0.25, 0.3) is 0 Å². The van der Waals surface area contributed by atoms with Crippen molar-refractivity contribution in [3.63, 3.8) is 0 Å². The van der Waals surface area contributed by atoms with Crippen LogP contribution in [0.3, 0.4) is 0 Å². The number of nitrogens with one attached hydrogen (secondary N) is 2. The van der Waals surface area contributed by atoms with Gasteiger partial charge in [0, 0.05) is 44.2 Å². The number of piperazine rings is 1. The first-order valence-corrected chi connectivity index (χ1v) is 10.7. The van der Waals surface area contributed by atoms with Crippen molar-refractivity contribution in [2.24, 2.45) is 4.99 Å². The molecule has 2 fully saturated rings. The second-order valence-corrected chi connectivity index (χ2v) is 8.67. The molecule has 0 atom stereocenters. The van der Waals surface area contributed by atoms with E-state index < -0.39 is 0 Å². The summed E-state index contributed by atoms with van der Waals surface area (Å²) >= 11 is 0. The Morgan fingerprint density at radius 3 is 2.59 bits per heavy atom. The second kappa shape index (κ2) is 9.57. The van der Waals surface area contributed by atoms with Crippen LogP contribution in [-0.2, 0) is 10.2 Å². The fourth-order valence-corrected chi connectivity index (χ4v) is 3.52. The van der Waals surface area contributed by atoms with Crippen molar-refractivity contribution in [1.29, 1.82) is 0 Å². The highest BCUT2D eigenvalue weighted by Gasteiger charge is 2.26. The van der Waals surface area contributed by atoms with Crippen LogP contribution in [0.2, 0.25) is 0 Å². The van der Waals surface area contributed by atoms with Gasteiger partial charge in [0.15, 0.2) is 5.96 Å². The standard InChI is InChI=1S/C22H34FN5O/c1-4-24-21(25-16-22(2,3)17-6-5-7-18(23)14-17)28-12-10-27(11-13-28)15-20(29)26-19-8-9-19/h5-7,14,19H,4,8-13,15-16H2,1-3H3,(H,24,25)(H,26,29). The topological polar surface area (TPSA) is 60.0 Å². The number of hydrogen-bond acceptors (Lipinski definition) is 3. The molecule has 1 amide bonds. The average molecular weight is 404 g/mol. The lowest BCUT2D eigenvalue weighted by Gasteiger charge is -2.36. The predicted molar refractivity (Wildman–Crippen MR) is 115 cm³/mol. The zero-order valence-corrected chi connectivity index (χ0v) is 17.9. The number of rotatable bonds is 7. The largest absolute Gasteiger partial charge is 0.357 e. The molecule has 1 saturated heterocycles. The third-order valence-electron chi connectivity index (χ3n) is 5.55. The van der Waals surface area contributed by atoms with Crippen LogP contribution in [0.25, 0.3) is 0 Å². The van der Waals surface area contributed by atoms with Crippen molar-refractivity contribution in [1.82, 2.24) is 20.4 Å². The van der Waals surface area contributed by atoms with Gasteiger partial charge in [-0.1, -0.05) is 26.0 Å². The van der Waals surface area contributed by atoms with E-state index in [0.717, 1.165) is 57.1 Å². The lowest BCUT2D eigenvalue weighted by molar-refractivity contribution is -0.122. The van der Waals surface area contributed by atoms with Gasteiger partial charge < -0.3 is 15.5 Å². The first-order valence-electron chi connectivity index (χ1n) is 10.7. The van der Waals surface area contributed by atoms with E-state index in [9.17, 15) is 9.18 Å². The minimum absolute atomic E-state index is 0.137. The van der Waals surface area contributed by atoms with Crippen LogP contribution in [0.4, 0.5) is 4.39 Å². The van der Waals surface area contributed by atoms with Crippen molar-refractivity contribution in [2.45, 2.75) is 45.1 Å². The summed E-state index contributed by atoms with van der Waals surface area (Å²) in [7, 11) is 0. The molecular weight excluding hydrogens is 369 g/mol. The number of nitrogens with zero attached hydrogens (tertiary/aromatic N) is 3. The molecule has 1 aliphatic heterocycles. The number of guanidine groups is 1. The normalized spacial score (nSPS) is 18.6. The fourth-order valence-electron chi connectivity index (χ4n) is 3.52. The zero-order chi connectivity index (χ0) is 20.9. The Morgan fingerprint density at radius 2 is 1.97 bits per heavy atom. The van der Waals surface area contributed by atoms with Crippen molar-refractivity contribution in [3.05, 3.63) is 35.6 Å². The molecule has 0 unspecified atom stereocenters. The Kier molecular flexibility index (Phi) is 7.11. The van der Waals surface area contributed by atoms with Crippen LogP contribution >= 0.6 is 0 Å². The fraction of sp³-hybridized carbons (Fsp3) is 0.636. The molecule has 1 heterocycles. The van der Waals surface area contributed by atoms with Crippen LogP contribution in [0.1, 0.15) is 39.2 Å². The number of carbonyl (C=O) groups is 1. The predicted octanol–water partition coefficient (Wildman–Crippen LogP) is 1.97. The van der Waals surface area contributed by atoms with Gasteiger partial charge in [-0.05, 0) is 37.5 Å². The molecule has 6 nitrogen and oxygen atoms in total. The van der Waals surface area contributed by atoms with E-state index in [1.54, 1.807) is 12.1 Å². The molecule has 1 aromatic rings. The number of amides is 1. The summed E-state index contributed by atoms with van der Waals surface area (Å²) in [5.74, 6) is 0.811. The van der Waals surface area contributed by atoms with Crippen LogP contribution < -0.4 is 10.6 Å². The number of aliphatic imine (C=N–C) groups is 1. The van der Waals surface area contributed by atoms with Gasteiger partial charge >= 0.3 is 0 Å². The van der Waals surface area contributed by atoms with Gasteiger partial charge in [0.2, 0.25) is 5.91 Å². The molecule has 160 valence electrons. The summed E-state index contributed by atoms with van der Waals surface area (Å²) in [6.07, 6.45) is 2.24. The first kappa shape index (κ1) is 21.6.